The van der Waals surface area contributed by atoms with E-state index < -0.39 is 35.5 Å². The van der Waals surface area contributed by atoms with Crippen molar-refractivity contribution in [2.45, 2.75) is 31.7 Å². The van der Waals surface area contributed by atoms with E-state index in [0.29, 0.717) is 24.9 Å². The summed E-state index contributed by atoms with van der Waals surface area (Å²) in [5, 5.41) is 16.0. The van der Waals surface area contributed by atoms with E-state index in [2.05, 4.69) is 15.4 Å². The van der Waals surface area contributed by atoms with Crippen molar-refractivity contribution in [3.05, 3.63) is 41.6 Å². The topological polar surface area (TPSA) is 95.7 Å². The quantitative estimate of drug-likeness (QED) is 0.748. The van der Waals surface area contributed by atoms with Crippen LogP contribution in [-0.4, -0.2) is 52.7 Å². The van der Waals surface area contributed by atoms with Crippen LogP contribution < -0.4 is 5.32 Å². The highest BCUT2D eigenvalue weighted by Gasteiger charge is 2.37. The summed E-state index contributed by atoms with van der Waals surface area (Å²) in [6.07, 6.45) is 4.14. The Morgan fingerprint density at radius 3 is 2.70 bits per heavy atom. The average Bonchev–Trinajstić information content (AvgIpc) is 3.15. The molecule has 4 rings (SSSR count). The summed E-state index contributed by atoms with van der Waals surface area (Å²) >= 11 is 0. The molecule has 1 aromatic heterocycles. The summed E-state index contributed by atoms with van der Waals surface area (Å²) in [6.45, 7) is 2.01. The van der Waals surface area contributed by atoms with Crippen molar-refractivity contribution >= 4 is 11.9 Å². The zero-order valence-corrected chi connectivity index (χ0v) is 16.3. The van der Waals surface area contributed by atoms with E-state index in [1.807, 2.05) is 0 Å². The van der Waals surface area contributed by atoms with E-state index in [1.165, 1.54) is 31.4 Å². The number of rotatable bonds is 6. The van der Waals surface area contributed by atoms with Gasteiger partial charge in [0.2, 0.25) is 0 Å². The molecular weight excluding hydrogens is 396 g/mol. The molecule has 1 saturated carbocycles. The number of carboxylic acids is 1. The van der Waals surface area contributed by atoms with Crippen molar-refractivity contribution in [1.29, 1.82) is 0 Å². The zero-order chi connectivity index (χ0) is 21.3. The van der Waals surface area contributed by atoms with E-state index in [9.17, 15) is 23.5 Å². The standard InChI is InChI=1S/C21H23F2N3O4/c22-13-4-5-14(16(23)8-13)19-9-18(25-30-19)20(27)24-17-6-7-26(10-12-2-1-3-12)11-15(17)21(28)29/h4-5,8-9,12,15,17H,1-3,6-7,10-11H2,(H,24,27)(H,28,29)/t15-,17-/m0/s1. The number of hydrogen-bond acceptors (Lipinski definition) is 5. The molecule has 1 saturated heterocycles. The van der Waals surface area contributed by atoms with Crippen LogP contribution in [0.1, 0.15) is 36.2 Å². The van der Waals surface area contributed by atoms with E-state index in [-0.39, 0.29) is 17.0 Å². The van der Waals surface area contributed by atoms with E-state index >= 15 is 0 Å². The van der Waals surface area contributed by atoms with Crippen molar-refractivity contribution in [2.75, 3.05) is 19.6 Å². The van der Waals surface area contributed by atoms with E-state index in [0.717, 1.165) is 19.2 Å². The van der Waals surface area contributed by atoms with Crippen LogP contribution in [0.3, 0.4) is 0 Å². The summed E-state index contributed by atoms with van der Waals surface area (Å²) in [4.78, 5) is 26.5. The van der Waals surface area contributed by atoms with Gasteiger partial charge >= 0.3 is 5.97 Å². The molecule has 1 aromatic carbocycles. The Morgan fingerprint density at radius 2 is 2.03 bits per heavy atom. The predicted molar refractivity (Wildman–Crippen MR) is 103 cm³/mol. The molecule has 2 fully saturated rings. The molecule has 2 N–H and O–H groups in total. The Balaban J connectivity index is 1.41. The number of piperidine rings is 1. The molecule has 0 spiro atoms. The molecule has 0 bridgehead atoms. The van der Waals surface area contributed by atoms with Gasteiger partial charge in [0.25, 0.3) is 5.91 Å². The average molecular weight is 419 g/mol. The molecule has 1 amide bonds. The Bertz CT molecular complexity index is 944. The third-order valence-electron chi connectivity index (χ3n) is 6.01. The first kappa shape index (κ1) is 20.5. The van der Waals surface area contributed by atoms with Gasteiger partial charge in [0, 0.05) is 37.8 Å². The first-order valence-electron chi connectivity index (χ1n) is 10.1. The molecule has 1 aliphatic carbocycles. The van der Waals surface area contributed by atoms with Crippen molar-refractivity contribution in [1.82, 2.24) is 15.4 Å². The predicted octanol–water partition coefficient (Wildman–Crippen LogP) is 2.92. The number of aromatic nitrogens is 1. The van der Waals surface area contributed by atoms with Crippen LogP contribution in [0, 0.1) is 23.5 Å². The lowest BCUT2D eigenvalue weighted by Crippen LogP contribution is -2.54. The van der Waals surface area contributed by atoms with Crippen LogP contribution in [0.5, 0.6) is 0 Å². The van der Waals surface area contributed by atoms with Crippen LogP contribution >= 0.6 is 0 Å². The van der Waals surface area contributed by atoms with Gasteiger partial charge in [-0.1, -0.05) is 11.6 Å². The minimum atomic E-state index is -0.951. The summed E-state index contributed by atoms with van der Waals surface area (Å²) in [5.41, 5.74) is -0.106. The monoisotopic (exact) mass is 419 g/mol. The summed E-state index contributed by atoms with van der Waals surface area (Å²) in [5.74, 6) is -3.18. The van der Waals surface area contributed by atoms with Crippen LogP contribution in [0.4, 0.5) is 8.78 Å². The Morgan fingerprint density at radius 1 is 1.23 bits per heavy atom. The molecule has 30 heavy (non-hydrogen) atoms. The molecule has 1 aliphatic heterocycles. The lowest BCUT2D eigenvalue weighted by atomic mass is 9.83. The minimum absolute atomic E-state index is 0.0113. The first-order valence-corrected chi connectivity index (χ1v) is 10.1. The fourth-order valence-electron chi connectivity index (χ4n) is 4.09. The number of likely N-dealkylation sites (tertiary alicyclic amines) is 1. The van der Waals surface area contributed by atoms with Gasteiger partial charge in [-0.05, 0) is 37.3 Å². The van der Waals surface area contributed by atoms with Crippen molar-refractivity contribution in [3.63, 3.8) is 0 Å². The maximum atomic E-state index is 13.9. The van der Waals surface area contributed by atoms with Gasteiger partial charge in [-0.25, -0.2) is 8.78 Å². The van der Waals surface area contributed by atoms with Crippen LogP contribution in [0.15, 0.2) is 28.8 Å². The third-order valence-corrected chi connectivity index (χ3v) is 6.01. The van der Waals surface area contributed by atoms with E-state index in [4.69, 9.17) is 4.52 Å². The van der Waals surface area contributed by atoms with Gasteiger partial charge in [0.15, 0.2) is 11.5 Å². The molecule has 160 valence electrons. The SMILES string of the molecule is O=C(N[C@H]1CCN(CC2CCC2)C[C@@H]1C(=O)O)c1cc(-c2ccc(F)cc2F)on1. The molecule has 0 radical (unpaired) electrons. The number of carboxylic acid groups (broad SMARTS) is 1. The number of halogens is 2. The maximum absolute atomic E-state index is 13.9. The number of amides is 1. The number of carbonyl (C=O) groups is 2. The molecular formula is C21H23F2N3O4. The third kappa shape index (κ3) is 4.35. The maximum Gasteiger partial charge on any atom is 0.309 e. The Kier molecular flexibility index (Phi) is 5.80. The number of carbonyl (C=O) groups excluding carboxylic acids is 1. The Hall–Kier alpha value is -2.81. The number of aliphatic carboxylic acids is 1. The van der Waals surface area contributed by atoms with Crippen molar-refractivity contribution in [3.8, 4) is 11.3 Å². The fraction of sp³-hybridized carbons (Fsp3) is 0.476. The van der Waals surface area contributed by atoms with Crippen molar-refractivity contribution in [2.24, 2.45) is 11.8 Å². The highest BCUT2D eigenvalue weighted by Crippen LogP contribution is 2.29. The Labute approximate surface area is 172 Å². The fourth-order valence-corrected chi connectivity index (χ4v) is 4.09. The van der Waals surface area contributed by atoms with Crippen LogP contribution in [0.25, 0.3) is 11.3 Å². The van der Waals surface area contributed by atoms with E-state index in [1.54, 1.807) is 0 Å². The normalized spacial score (nSPS) is 22.5. The molecule has 9 heteroatoms. The minimum Gasteiger partial charge on any atom is -0.481 e. The first-order chi connectivity index (χ1) is 14.4. The largest absolute Gasteiger partial charge is 0.481 e. The summed E-state index contributed by atoms with van der Waals surface area (Å²) in [7, 11) is 0. The number of benzene rings is 1. The second kappa shape index (κ2) is 8.51. The van der Waals surface area contributed by atoms with Gasteiger partial charge in [-0.3, -0.25) is 9.59 Å². The second-order valence-electron chi connectivity index (χ2n) is 8.07. The van der Waals surface area contributed by atoms with Crippen LogP contribution in [-0.2, 0) is 4.79 Å². The van der Waals surface area contributed by atoms with Crippen LogP contribution in [0.2, 0.25) is 0 Å². The highest BCUT2D eigenvalue weighted by atomic mass is 19.1. The smallest absolute Gasteiger partial charge is 0.309 e. The zero-order valence-electron chi connectivity index (χ0n) is 16.3. The van der Waals surface area contributed by atoms with Gasteiger partial charge in [0.05, 0.1) is 11.5 Å². The molecule has 2 heterocycles. The molecule has 2 aliphatic rings. The van der Waals surface area contributed by atoms with Gasteiger partial charge in [-0.15, -0.1) is 0 Å². The molecule has 2 aromatic rings. The highest BCUT2D eigenvalue weighted by molar-refractivity contribution is 5.93. The summed E-state index contributed by atoms with van der Waals surface area (Å²) in [6, 6.07) is 3.72. The lowest BCUT2D eigenvalue weighted by molar-refractivity contribution is -0.144. The number of hydrogen-bond donors (Lipinski definition) is 2. The second-order valence-corrected chi connectivity index (χ2v) is 8.07. The molecule has 0 unspecified atom stereocenters. The summed E-state index contributed by atoms with van der Waals surface area (Å²) < 4.78 is 32.0. The number of nitrogens with one attached hydrogen (secondary N) is 1. The van der Waals surface area contributed by atoms with Crippen molar-refractivity contribution < 1.29 is 28.0 Å². The van der Waals surface area contributed by atoms with Gasteiger partial charge < -0.3 is 19.8 Å². The number of nitrogens with zero attached hydrogens (tertiary/aromatic N) is 2. The van der Waals surface area contributed by atoms with Gasteiger partial charge in [-0.2, -0.15) is 0 Å². The molecule has 7 nitrogen and oxygen atoms in total. The lowest BCUT2D eigenvalue weighted by Gasteiger charge is -2.40. The molecule has 2 atom stereocenters. The van der Waals surface area contributed by atoms with Gasteiger partial charge in [0.1, 0.15) is 11.6 Å².